The average molecular weight is 316 g/mol. The Morgan fingerprint density at radius 2 is 2.09 bits per heavy atom. The van der Waals surface area contributed by atoms with Gasteiger partial charge in [0.25, 0.3) is 0 Å². The molecule has 0 aliphatic carbocycles. The quantitative estimate of drug-likeness (QED) is 0.862. The van der Waals surface area contributed by atoms with Crippen molar-refractivity contribution >= 4 is 5.97 Å². The Morgan fingerprint density at radius 3 is 2.78 bits per heavy atom. The van der Waals surface area contributed by atoms with Gasteiger partial charge in [0.15, 0.2) is 0 Å². The van der Waals surface area contributed by atoms with Gasteiger partial charge in [-0.05, 0) is 35.9 Å². The van der Waals surface area contributed by atoms with E-state index in [-0.39, 0.29) is 12.1 Å². The van der Waals surface area contributed by atoms with Gasteiger partial charge in [0, 0.05) is 12.1 Å². The van der Waals surface area contributed by atoms with Gasteiger partial charge in [-0.25, -0.2) is 13.6 Å². The number of benzene rings is 2. The molecule has 0 heterocycles. The standard InChI is InChI=1S/C17H14F2N2O2/c1-23-17(22)16(14-8-13(18)5-6-15(14)19)21-10-12-4-2-3-11(7-12)9-20/h2-8,16,21H,10H2,1H3. The smallest absolute Gasteiger partial charge is 0.327 e. The molecule has 4 nitrogen and oxygen atoms in total. The average Bonchev–Trinajstić information content (AvgIpc) is 2.57. The van der Waals surface area contributed by atoms with Crippen molar-refractivity contribution in [3.63, 3.8) is 0 Å². The van der Waals surface area contributed by atoms with Crippen molar-refractivity contribution in [2.75, 3.05) is 7.11 Å². The molecule has 0 aliphatic rings. The van der Waals surface area contributed by atoms with Crippen LogP contribution in [0.25, 0.3) is 0 Å². The third-order valence-electron chi connectivity index (χ3n) is 3.27. The van der Waals surface area contributed by atoms with Crippen LogP contribution in [0, 0.1) is 23.0 Å². The van der Waals surface area contributed by atoms with Crippen LogP contribution in [0.4, 0.5) is 8.78 Å². The predicted octanol–water partition coefficient (Wildman–Crippen LogP) is 2.84. The van der Waals surface area contributed by atoms with Crippen LogP contribution in [-0.4, -0.2) is 13.1 Å². The second-order valence-electron chi connectivity index (χ2n) is 4.82. The van der Waals surface area contributed by atoms with Crippen LogP contribution in [0.3, 0.4) is 0 Å². The molecule has 2 aromatic rings. The first kappa shape index (κ1) is 16.6. The van der Waals surface area contributed by atoms with Crippen LogP contribution in [0.15, 0.2) is 42.5 Å². The molecular weight excluding hydrogens is 302 g/mol. The third kappa shape index (κ3) is 4.11. The fraction of sp³-hybridized carbons (Fsp3) is 0.176. The Morgan fingerprint density at radius 1 is 1.30 bits per heavy atom. The van der Waals surface area contributed by atoms with E-state index in [2.05, 4.69) is 10.1 Å². The molecule has 2 aromatic carbocycles. The van der Waals surface area contributed by atoms with Crippen LogP contribution in [-0.2, 0) is 16.1 Å². The van der Waals surface area contributed by atoms with E-state index in [1.165, 1.54) is 7.11 Å². The second-order valence-corrected chi connectivity index (χ2v) is 4.82. The van der Waals surface area contributed by atoms with E-state index >= 15 is 0 Å². The first-order chi connectivity index (χ1) is 11.0. The number of carbonyl (C=O) groups excluding carboxylic acids is 1. The van der Waals surface area contributed by atoms with Gasteiger partial charge < -0.3 is 4.74 Å². The van der Waals surface area contributed by atoms with E-state index in [1.807, 2.05) is 6.07 Å². The van der Waals surface area contributed by atoms with Crippen molar-refractivity contribution in [2.24, 2.45) is 0 Å². The first-order valence-electron chi connectivity index (χ1n) is 6.80. The molecule has 0 aromatic heterocycles. The van der Waals surface area contributed by atoms with Crippen molar-refractivity contribution in [1.82, 2.24) is 5.32 Å². The van der Waals surface area contributed by atoms with E-state index in [4.69, 9.17) is 5.26 Å². The highest BCUT2D eigenvalue weighted by atomic mass is 19.1. The summed E-state index contributed by atoms with van der Waals surface area (Å²) in [6.07, 6.45) is 0. The summed E-state index contributed by atoms with van der Waals surface area (Å²) in [7, 11) is 1.17. The van der Waals surface area contributed by atoms with E-state index in [0.717, 1.165) is 23.8 Å². The van der Waals surface area contributed by atoms with Crippen LogP contribution in [0.2, 0.25) is 0 Å². The van der Waals surface area contributed by atoms with Crippen molar-refractivity contribution in [1.29, 1.82) is 5.26 Å². The molecule has 0 radical (unpaired) electrons. The van der Waals surface area contributed by atoms with Crippen LogP contribution in [0.1, 0.15) is 22.7 Å². The Balaban J connectivity index is 2.24. The zero-order chi connectivity index (χ0) is 16.8. The maximum atomic E-state index is 13.9. The second kappa shape index (κ2) is 7.47. The highest BCUT2D eigenvalue weighted by molar-refractivity contribution is 5.77. The Kier molecular flexibility index (Phi) is 5.39. The topological polar surface area (TPSA) is 62.1 Å². The van der Waals surface area contributed by atoms with Gasteiger partial charge in [-0.3, -0.25) is 5.32 Å². The summed E-state index contributed by atoms with van der Waals surface area (Å²) >= 11 is 0. The number of methoxy groups -OCH3 is 1. The third-order valence-corrected chi connectivity index (χ3v) is 3.27. The normalized spacial score (nSPS) is 11.6. The van der Waals surface area contributed by atoms with Gasteiger partial charge in [-0.1, -0.05) is 12.1 Å². The number of ether oxygens (including phenoxy) is 1. The fourth-order valence-electron chi connectivity index (χ4n) is 2.14. The number of nitriles is 1. The predicted molar refractivity (Wildman–Crippen MR) is 79.1 cm³/mol. The van der Waals surface area contributed by atoms with E-state index in [1.54, 1.807) is 24.3 Å². The molecule has 23 heavy (non-hydrogen) atoms. The van der Waals surface area contributed by atoms with E-state index in [9.17, 15) is 13.6 Å². The Hall–Kier alpha value is -2.78. The van der Waals surface area contributed by atoms with E-state index in [0.29, 0.717) is 5.56 Å². The monoisotopic (exact) mass is 316 g/mol. The molecule has 2 rings (SSSR count). The molecular formula is C17H14F2N2O2. The summed E-state index contributed by atoms with van der Waals surface area (Å²) in [4.78, 5) is 11.9. The van der Waals surface area contributed by atoms with E-state index < -0.39 is 23.6 Å². The number of halogens is 2. The number of hydrogen-bond acceptors (Lipinski definition) is 4. The molecule has 1 atom stereocenters. The molecule has 1 N–H and O–H groups in total. The minimum atomic E-state index is -1.15. The highest BCUT2D eigenvalue weighted by Crippen LogP contribution is 2.20. The number of nitrogens with one attached hydrogen (secondary N) is 1. The minimum Gasteiger partial charge on any atom is -0.468 e. The summed E-state index contributed by atoms with van der Waals surface area (Å²) in [5, 5.41) is 11.7. The molecule has 0 saturated carbocycles. The number of carbonyl (C=O) groups is 1. The molecule has 6 heteroatoms. The molecule has 0 spiro atoms. The summed E-state index contributed by atoms with van der Waals surface area (Å²) in [6, 6.07) is 10.5. The van der Waals surface area contributed by atoms with Gasteiger partial charge in [-0.15, -0.1) is 0 Å². The molecule has 0 bridgehead atoms. The zero-order valence-corrected chi connectivity index (χ0v) is 12.3. The Bertz CT molecular complexity index is 756. The van der Waals surface area contributed by atoms with Gasteiger partial charge in [0.1, 0.15) is 17.7 Å². The zero-order valence-electron chi connectivity index (χ0n) is 12.3. The summed E-state index contributed by atoms with van der Waals surface area (Å²) < 4.78 is 31.9. The van der Waals surface area contributed by atoms with Gasteiger partial charge in [-0.2, -0.15) is 5.26 Å². The SMILES string of the molecule is COC(=O)C(NCc1cccc(C#N)c1)c1cc(F)ccc1F. The minimum absolute atomic E-state index is 0.131. The largest absolute Gasteiger partial charge is 0.468 e. The van der Waals surface area contributed by atoms with Crippen LogP contribution < -0.4 is 5.32 Å². The number of nitrogens with zero attached hydrogens (tertiary/aromatic N) is 1. The molecule has 0 fully saturated rings. The maximum Gasteiger partial charge on any atom is 0.327 e. The lowest BCUT2D eigenvalue weighted by Crippen LogP contribution is -2.30. The molecule has 0 amide bonds. The Labute approximate surface area is 132 Å². The van der Waals surface area contributed by atoms with Gasteiger partial charge >= 0.3 is 5.97 Å². The van der Waals surface area contributed by atoms with Crippen molar-refractivity contribution < 1.29 is 18.3 Å². The van der Waals surface area contributed by atoms with Gasteiger partial charge in [0.05, 0.1) is 18.7 Å². The summed E-state index contributed by atoms with van der Waals surface area (Å²) in [5.41, 5.74) is 1.07. The molecule has 1 unspecified atom stereocenters. The van der Waals surface area contributed by atoms with Crippen molar-refractivity contribution in [2.45, 2.75) is 12.6 Å². The lowest BCUT2D eigenvalue weighted by molar-refractivity contribution is -0.143. The number of hydrogen-bond donors (Lipinski definition) is 1. The molecule has 118 valence electrons. The van der Waals surface area contributed by atoms with Gasteiger partial charge in [0.2, 0.25) is 0 Å². The maximum absolute atomic E-state index is 13.9. The van der Waals surface area contributed by atoms with Crippen molar-refractivity contribution in [3.05, 3.63) is 70.8 Å². The summed E-state index contributed by atoms with van der Waals surface area (Å²) in [5.74, 6) is -2.09. The fourth-order valence-corrected chi connectivity index (χ4v) is 2.14. The lowest BCUT2D eigenvalue weighted by Gasteiger charge is -2.17. The first-order valence-corrected chi connectivity index (χ1v) is 6.80. The summed E-state index contributed by atoms with van der Waals surface area (Å²) in [6.45, 7) is 0.186. The number of esters is 1. The van der Waals surface area contributed by atoms with Crippen LogP contribution in [0.5, 0.6) is 0 Å². The molecule has 0 aliphatic heterocycles. The van der Waals surface area contributed by atoms with Crippen molar-refractivity contribution in [3.8, 4) is 6.07 Å². The number of rotatable bonds is 5. The molecule has 0 saturated heterocycles. The lowest BCUT2D eigenvalue weighted by atomic mass is 10.0. The van der Waals surface area contributed by atoms with Crippen LogP contribution >= 0.6 is 0 Å². The highest BCUT2D eigenvalue weighted by Gasteiger charge is 2.24.